The van der Waals surface area contributed by atoms with E-state index in [0.29, 0.717) is 5.69 Å². The Labute approximate surface area is 126 Å². The molecule has 0 spiro atoms. The first-order chi connectivity index (χ1) is 9.66. The maximum Gasteiger partial charge on any atom is 0.307 e. The lowest BCUT2D eigenvalue weighted by atomic mass is 10.1. The minimum absolute atomic E-state index is 0.130. The van der Waals surface area contributed by atoms with Gasteiger partial charge in [0.25, 0.3) is 0 Å². The number of rotatable bonds is 4. The van der Waals surface area contributed by atoms with Crippen molar-refractivity contribution in [1.29, 1.82) is 0 Å². The zero-order chi connectivity index (χ0) is 15.9. The van der Waals surface area contributed by atoms with Crippen LogP contribution < -0.4 is 11.1 Å². The quantitative estimate of drug-likeness (QED) is 0.786. The van der Waals surface area contributed by atoms with Crippen LogP contribution in [0.3, 0.4) is 0 Å². The van der Waals surface area contributed by atoms with Gasteiger partial charge in [-0.2, -0.15) is 0 Å². The number of primary amides is 1. The molecule has 0 aliphatic heterocycles. The SMILES string of the molecule is CC1(C)[C@H](C(=O)O)[C@@H]1C(=O)Nc1ccc(C(N)=O)c(Cl)c1. The summed E-state index contributed by atoms with van der Waals surface area (Å²) >= 11 is 5.89. The van der Waals surface area contributed by atoms with Gasteiger partial charge in [0.05, 0.1) is 22.4 Å². The molecule has 2 amide bonds. The smallest absolute Gasteiger partial charge is 0.307 e. The lowest BCUT2D eigenvalue weighted by Gasteiger charge is -2.08. The molecule has 1 fully saturated rings. The number of carbonyl (C=O) groups is 3. The Morgan fingerprint density at radius 2 is 1.90 bits per heavy atom. The highest BCUT2D eigenvalue weighted by atomic mass is 35.5. The van der Waals surface area contributed by atoms with E-state index in [9.17, 15) is 14.4 Å². The number of aliphatic carboxylic acids is 1. The maximum absolute atomic E-state index is 12.1. The van der Waals surface area contributed by atoms with Gasteiger partial charge >= 0.3 is 5.97 Å². The van der Waals surface area contributed by atoms with E-state index >= 15 is 0 Å². The van der Waals surface area contributed by atoms with E-state index in [0.717, 1.165) is 0 Å². The second kappa shape index (κ2) is 5.04. The van der Waals surface area contributed by atoms with E-state index in [1.54, 1.807) is 13.8 Å². The van der Waals surface area contributed by atoms with Gasteiger partial charge in [0.1, 0.15) is 0 Å². The van der Waals surface area contributed by atoms with Crippen LogP contribution in [0.1, 0.15) is 24.2 Å². The molecule has 1 aliphatic rings. The molecule has 6 nitrogen and oxygen atoms in total. The number of carboxylic acid groups (broad SMARTS) is 1. The summed E-state index contributed by atoms with van der Waals surface area (Å²) < 4.78 is 0. The number of nitrogens with two attached hydrogens (primary N) is 1. The van der Waals surface area contributed by atoms with Crippen LogP contribution >= 0.6 is 11.6 Å². The van der Waals surface area contributed by atoms with Crippen molar-refractivity contribution in [3.05, 3.63) is 28.8 Å². The van der Waals surface area contributed by atoms with Gasteiger partial charge in [0.2, 0.25) is 11.8 Å². The van der Waals surface area contributed by atoms with Gasteiger partial charge in [-0.1, -0.05) is 25.4 Å². The summed E-state index contributed by atoms with van der Waals surface area (Å²) in [6, 6.07) is 4.31. The summed E-state index contributed by atoms with van der Waals surface area (Å²) in [5, 5.41) is 11.8. The van der Waals surface area contributed by atoms with Gasteiger partial charge in [-0.05, 0) is 23.6 Å². The van der Waals surface area contributed by atoms with E-state index in [1.807, 2.05) is 0 Å². The monoisotopic (exact) mass is 310 g/mol. The Morgan fingerprint density at radius 3 is 2.33 bits per heavy atom. The number of halogens is 1. The molecule has 1 aromatic rings. The highest BCUT2D eigenvalue weighted by molar-refractivity contribution is 6.34. The van der Waals surface area contributed by atoms with Gasteiger partial charge in [0.15, 0.2) is 0 Å². The number of benzene rings is 1. The third-order valence-corrected chi connectivity index (χ3v) is 4.19. The number of nitrogens with one attached hydrogen (secondary N) is 1. The molecule has 2 rings (SSSR count). The summed E-state index contributed by atoms with van der Waals surface area (Å²) in [5.74, 6) is -3.31. The topological polar surface area (TPSA) is 109 Å². The molecule has 0 unspecified atom stereocenters. The van der Waals surface area contributed by atoms with Crippen LogP contribution in [0.5, 0.6) is 0 Å². The fraction of sp³-hybridized carbons (Fsp3) is 0.357. The average molecular weight is 311 g/mol. The van der Waals surface area contributed by atoms with Crippen molar-refractivity contribution < 1.29 is 19.5 Å². The molecule has 4 N–H and O–H groups in total. The molecule has 0 heterocycles. The van der Waals surface area contributed by atoms with Crippen LogP contribution in [0.2, 0.25) is 5.02 Å². The molecule has 2 atom stereocenters. The van der Waals surface area contributed by atoms with Crippen LogP contribution in [0.15, 0.2) is 18.2 Å². The number of carbonyl (C=O) groups excluding carboxylic acids is 2. The summed E-state index contributed by atoms with van der Waals surface area (Å²) in [7, 11) is 0. The Kier molecular flexibility index (Phi) is 3.67. The van der Waals surface area contributed by atoms with Gasteiger partial charge in [-0.3, -0.25) is 14.4 Å². The highest BCUT2D eigenvalue weighted by Gasteiger charge is 2.65. The molecule has 0 bridgehead atoms. The summed E-state index contributed by atoms with van der Waals surface area (Å²) in [4.78, 5) is 34.3. The summed E-state index contributed by atoms with van der Waals surface area (Å²) in [6.45, 7) is 3.47. The van der Waals surface area contributed by atoms with Crippen molar-refractivity contribution in [2.24, 2.45) is 23.0 Å². The maximum atomic E-state index is 12.1. The number of anilines is 1. The molecular weight excluding hydrogens is 296 g/mol. The number of carboxylic acids is 1. The van der Waals surface area contributed by atoms with Gasteiger partial charge in [-0.15, -0.1) is 0 Å². The summed E-state index contributed by atoms with van der Waals surface area (Å²) in [6.07, 6.45) is 0. The molecule has 1 saturated carbocycles. The van der Waals surface area contributed by atoms with Gasteiger partial charge in [-0.25, -0.2) is 0 Å². The molecule has 1 aromatic carbocycles. The minimum atomic E-state index is -0.984. The Hall–Kier alpha value is -2.08. The van der Waals surface area contributed by atoms with E-state index in [-0.39, 0.29) is 16.5 Å². The minimum Gasteiger partial charge on any atom is -0.481 e. The third kappa shape index (κ3) is 2.71. The number of hydrogen-bond donors (Lipinski definition) is 3. The first-order valence-corrected chi connectivity index (χ1v) is 6.67. The lowest BCUT2D eigenvalue weighted by molar-refractivity contribution is -0.140. The van der Waals surface area contributed by atoms with Crippen molar-refractivity contribution in [1.82, 2.24) is 0 Å². The molecular formula is C14H15ClN2O4. The Balaban J connectivity index is 2.13. The predicted molar refractivity (Wildman–Crippen MR) is 77.0 cm³/mol. The van der Waals surface area contributed by atoms with Crippen LogP contribution in [0.4, 0.5) is 5.69 Å². The van der Waals surface area contributed by atoms with Crippen LogP contribution in [0, 0.1) is 17.3 Å². The lowest BCUT2D eigenvalue weighted by Crippen LogP contribution is -2.18. The van der Waals surface area contributed by atoms with E-state index in [2.05, 4.69) is 5.32 Å². The average Bonchev–Trinajstić information content (AvgIpc) is 2.92. The van der Waals surface area contributed by atoms with E-state index in [4.69, 9.17) is 22.4 Å². The van der Waals surface area contributed by atoms with Crippen molar-refractivity contribution >= 4 is 35.1 Å². The zero-order valence-electron chi connectivity index (χ0n) is 11.5. The van der Waals surface area contributed by atoms with Crippen molar-refractivity contribution in [2.75, 3.05) is 5.32 Å². The number of hydrogen-bond acceptors (Lipinski definition) is 3. The first-order valence-electron chi connectivity index (χ1n) is 6.29. The Bertz CT molecular complexity index is 642. The van der Waals surface area contributed by atoms with Crippen LogP contribution in [-0.2, 0) is 9.59 Å². The van der Waals surface area contributed by atoms with E-state index < -0.39 is 29.1 Å². The zero-order valence-corrected chi connectivity index (χ0v) is 12.3. The largest absolute Gasteiger partial charge is 0.481 e. The van der Waals surface area contributed by atoms with Crippen molar-refractivity contribution in [3.63, 3.8) is 0 Å². The van der Waals surface area contributed by atoms with Crippen LogP contribution in [0.25, 0.3) is 0 Å². The molecule has 0 aromatic heterocycles. The fourth-order valence-corrected chi connectivity index (χ4v) is 2.87. The molecule has 0 radical (unpaired) electrons. The second-order valence-corrected chi connectivity index (χ2v) is 6.07. The number of amides is 2. The van der Waals surface area contributed by atoms with Crippen LogP contribution in [-0.4, -0.2) is 22.9 Å². The third-order valence-electron chi connectivity index (χ3n) is 3.88. The van der Waals surface area contributed by atoms with Gasteiger partial charge in [0, 0.05) is 5.69 Å². The molecule has 7 heteroatoms. The second-order valence-electron chi connectivity index (χ2n) is 5.66. The Morgan fingerprint density at radius 1 is 1.29 bits per heavy atom. The van der Waals surface area contributed by atoms with E-state index in [1.165, 1.54) is 18.2 Å². The molecule has 0 saturated heterocycles. The summed E-state index contributed by atoms with van der Waals surface area (Å²) in [5.41, 5.74) is 5.11. The normalized spacial score (nSPS) is 22.4. The predicted octanol–water partition coefficient (Wildman–Crippen LogP) is 1.73. The standard InChI is InChI=1S/C14H15ClN2O4/c1-14(2)9(10(14)13(20)21)12(19)17-6-3-4-7(11(16)18)8(15)5-6/h3-5,9-10H,1-2H3,(H2,16,18)(H,17,19)(H,20,21)/t9-,10+/m1/s1. The first kappa shape index (κ1) is 15.3. The highest BCUT2D eigenvalue weighted by Crippen LogP contribution is 2.58. The van der Waals surface area contributed by atoms with Crippen molar-refractivity contribution in [2.45, 2.75) is 13.8 Å². The fourth-order valence-electron chi connectivity index (χ4n) is 2.60. The molecule has 1 aliphatic carbocycles. The molecule has 21 heavy (non-hydrogen) atoms. The molecule has 112 valence electrons. The van der Waals surface area contributed by atoms with Gasteiger partial charge < -0.3 is 16.2 Å². The van der Waals surface area contributed by atoms with Crippen molar-refractivity contribution in [3.8, 4) is 0 Å².